The number of aromatic amines is 1. The molecule has 0 aliphatic heterocycles. The van der Waals surface area contributed by atoms with Crippen LogP contribution >= 0.6 is 0 Å². The number of H-pyrrole nitrogens is 1. The number of hydrogen-bond donors (Lipinski definition) is 2. The van der Waals surface area contributed by atoms with Gasteiger partial charge in [0.2, 0.25) is 11.9 Å². The van der Waals surface area contributed by atoms with Gasteiger partial charge in [0.25, 0.3) is 5.82 Å². The molecule has 1 heterocycles. The molecule has 0 bridgehead atoms. The van der Waals surface area contributed by atoms with Crippen molar-refractivity contribution in [3.8, 4) is 0 Å². The second kappa shape index (κ2) is 3.87. The van der Waals surface area contributed by atoms with Gasteiger partial charge in [-0.05, 0) is 0 Å². The molecule has 0 spiro atoms. The summed E-state index contributed by atoms with van der Waals surface area (Å²) in [5, 5.41) is 7.07. The van der Waals surface area contributed by atoms with E-state index in [1.54, 1.807) is 13.8 Å². The van der Waals surface area contributed by atoms with E-state index in [-0.39, 0.29) is 11.9 Å². The monoisotopic (exact) mass is 222 g/mol. The molecule has 5 nitrogen and oxygen atoms in total. The van der Waals surface area contributed by atoms with Crippen LogP contribution in [0.5, 0.6) is 0 Å². The van der Waals surface area contributed by atoms with E-state index in [0.717, 1.165) is 0 Å². The maximum Gasteiger partial charge on any atom is 0.453 e. The van der Waals surface area contributed by atoms with E-state index in [9.17, 15) is 18.0 Å². The zero-order valence-corrected chi connectivity index (χ0v) is 8.01. The third kappa shape index (κ3) is 2.93. The first-order valence-corrected chi connectivity index (χ1v) is 4.11. The average Bonchev–Trinajstić information content (AvgIpc) is 2.51. The minimum absolute atomic E-state index is 0.305. The van der Waals surface area contributed by atoms with Crippen molar-refractivity contribution < 1.29 is 18.0 Å². The van der Waals surface area contributed by atoms with Crippen molar-refractivity contribution in [3.05, 3.63) is 5.82 Å². The maximum atomic E-state index is 12.0. The lowest BCUT2D eigenvalue weighted by Gasteiger charge is -2.03. The third-order valence-electron chi connectivity index (χ3n) is 1.50. The van der Waals surface area contributed by atoms with E-state index in [1.807, 2.05) is 5.10 Å². The van der Waals surface area contributed by atoms with Crippen LogP contribution in [-0.2, 0) is 11.0 Å². The van der Waals surface area contributed by atoms with Crippen LogP contribution in [-0.4, -0.2) is 21.1 Å². The first kappa shape index (κ1) is 11.5. The number of hydrogen-bond acceptors (Lipinski definition) is 3. The molecule has 0 saturated heterocycles. The number of anilines is 1. The van der Waals surface area contributed by atoms with Crippen molar-refractivity contribution in [2.45, 2.75) is 20.0 Å². The van der Waals surface area contributed by atoms with Crippen LogP contribution in [0.15, 0.2) is 0 Å². The van der Waals surface area contributed by atoms with Gasteiger partial charge in [-0.15, -0.1) is 5.10 Å². The summed E-state index contributed by atoms with van der Waals surface area (Å²) in [6, 6.07) is 0. The van der Waals surface area contributed by atoms with Crippen LogP contribution in [0.25, 0.3) is 0 Å². The van der Waals surface area contributed by atoms with Gasteiger partial charge in [-0.1, -0.05) is 13.8 Å². The Balaban J connectivity index is 2.73. The van der Waals surface area contributed by atoms with E-state index >= 15 is 0 Å². The smallest absolute Gasteiger partial charge is 0.295 e. The Bertz CT molecular complexity index is 357. The lowest BCUT2D eigenvalue weighted by molar-refractivity contribution is -0.144. The van der Waals surface area contributed by atoms with Crippen molar-refractivity contribution in [2.75, 3.05) is 5.32 Å². The van der Waals surface area contributed by atoms with Gasteiger partial charge in [0, 0.05) is 5.92 Å². The van der Waals surface area contributed by atoms with Crippen molar-refractivity contribution in [3.63, 3.8) is 0 Å². The fourth-order valence-corrected chi connectivity index (χ4v) is 0.706. The number of halogens is 3. The van der Waals surface area contributed by atoms with Gasteiger partial charge in [0.05, 0.1) is 0 Å². The molecule has 0 aliphatic carbocycles. The van der Waals surface area contributed by atoms with Crippen LogP contribution < -0.4 is 5.32 Å². The van der Waals surface area contributed by atoms with E-state index < -0.39 is 17.9 Å². The molecule has 8 heteroatoms. The average molecular weight is 222 g/mol. The van der Waals surface area contributed by atoms with E-state index in [1.165, 1.54) is 0 Å². The van der Waals surface area contributed by atoms with Gasteiger partial charge in [0.1, 0.15) is 0 Å². The zero-order valence-electron chi connectivity index (χ0n) is 8.01. The molecule has 0 unspecified atom stereocenters. The summed E-state index contributed by atoms with van der Waals surface area (Å²) in [4.78, 5) is 14.2. The highest BCUT2D eigenvalue weighted by molar-refractivity contribution is 5.90. The van der Waals surface area contributed by atoms with Crippen LogP contribution in [0.1, 0.15) is 19.7 Å². The van der Waals surface area contributed by atoms with E-state index in [4.69, 9.17) is 0 Å². The number of amides is 1. The Morgan fingerprint density at radius 3 is 2.47 bits per heavy atom. The number of carbonyl (C=O) groups excluding carboxylic acids is 1. The molecule has 0 saturated carbocycles. The van der Waals surface area contributed by atoms with Gasteiger partial charge in [-0.2, -0.15) is 18.2 Å². The van der Waals surface area contributed by atoms with Crippen molar-refractivity contribution >= 4 is 11.9 Å². The van der Waals surface area contributed by atoms with Crippen molar-refractivity contribution in [1.82, 2.24) is 15.2 Å². The summed E-state index contributed by atoms with van der Waals surface area (Å²) in [7, 11) is 0. The van der Waals surface area contributed by atoms with Gasteiger partial charge in [-0.25, -0.2) is 5.10 Å². The van der Waals surface area contributed by atoms with E-state index in [2.05, 4.69) is 15.4 Å². The lowest BCUT2D eigenvalue weighted by atomic mass is 10.2. The second-order valence-electron chi connectivity index (χ2n) is 3.15. The molecule has 0 fully saturated rings. The first-order chi connectivity index (χ1) is 6.80. The Morgan fingerprint density at radius 1 is 1.47 bits per heavy atom. The van der Waals surface area contributed by atoms with Crippen LogP contribution in [0.2, 0.25) is 0 Å². The molecule has 0 atom stereocenters. The standard InChI is InChI=1S/C7H9F3N4O/c1-3(2)4(15)11-6-12-5(13-14-6)7(8,9)10/h3H,1-2H3,(H2,11,12,13,14,15). The third-order valence-corrected chi connectivity index (χ3v) is 1.50. The van der Waals surface area contributed by atoms with Crippen molar-refractivity contribution in [1.29, 1.82) is 0 Å². The minimum Gasteiger partial charge on any atom is -0.295 e. The van der Waals surface area contributed by atoms with Crippen LogP contribution in [0, 0.1) is 5.92 Å². The summed E-state index contributed by atoms with van der Waals surface area (Å²) in [5.41, 5.74) is 0. The minimum atomic E-state index is -4.61. The van der Waals surface area contributed by atoms with Gasteiger partial charge in [-0.3, -0.25) is 10.1 Å². The summed E-state index contributed by atoms with van der Waals surface area (Å²) in [5.74, 6) is -2.38. The number of aromatic nitrogens is 3. The summed E-state index contributed by atoms with van der Waals surface area (Å²) >= 11 is 0. The highest BCUT2D eigenvalue weighted by Crippen LogP contribution is 2.26. The Kier molecular flexibility index (Phi) is 2.96. The Hall–Kier alpha value is -1.60. The van der Waals surface area contributed by atoms with Gasteiger partial charge in [0.15, 0.2) is 0 Å². The van der Waals surface area contributed by atoms with Crippen LogP contribution in [0.4, 0.5) is 19.1 Å². The number of carbonyl (C=O) groups is 1. The molecule has 1 amide bonds. The fraction of sp³-hybridized carbons (Fsp3) is 0.571. The molecular formula is C7H9F3N4O. The predicted octanol–water partition coefficient (Wildman–Crippen LogP) is 1.42. The number of nitrogens with one attached hydrogen (secondary N) is 2. The molecular weight excluding hydrogens is 213 g/mol. The predicted molar refractivity (Wildman–Crippen MR) is 44.9 cm³/mol. The number of rotatable bonds is 2. The maximum absolute atomic E-state index is 12.0. The molecule has 2 N–H and O–H groups in total. The second-order valence-corrected chi connectivity index (χ2v) is 3.15. The Labute approximate surface area is 83.1 Å². The quantitative estimate of drug-likeness (QED) is 0.794. The highest BCUT2D eigenvalue weighted by atomic mass is 19.4. The molecule has 1 rings (SSSR count). The summed E-state index contributed by atoms with van der Waals surface area (Å²) in [6.45, 7) is 3.22. The molecule has 1 aromatic heterocycles. The van der Waals surface area contributed by atoms with Crippen molar-refractivity contribution in [2.24, 2.45) is 5.92 Å². The number of nitrogens with zero attached hydrogens (tertiary/aromatic N) is 2. The zero-order chi connectivity index (χ0) is 11.6. The molecule has 0 aliphatic rings. The SMILES string of the molecule is CC(C)C(=O)Nc1nc(C(F)(F)F)n[nH]1. The largest absolute Gasteiger partial charge is 0.453 e. The molecule has 15 heavy (non-hydrogen) atoms. The normalized spacial score (nSPS) is 11.9. The topological polar surface area (TPSA) is 70.7 Å². The number of alkyl halides is 3. The van der Waals surface area contributed by atoms with Gasteiger partial charge < -0.3 is 0 Å². The summed E-state index contributed by atoms with van der Waals surface area (Å²) < 4.78 is 36.1. The molecule has 0 aromatic carbocycles. The van der Waals surface area contributed by atoms with E-state index in [0.29, 0.717) is 0 Å². The Morgan fingerprint density at radius 2 is 2.07 bits per heavy atom. The lowest BCUT2D eigenvalue weighted by Crippen LogP contribution is -2.18. The van der Waals surface area contributed by atoms with Crippen LogP contribution in [0.3, 0.4) is 0 Å². The highest BCUT2D eigenvalue weighted by Gasteiger charge is 2.36. The molecule has 0 radical (unpaired) electrons. The fourth-order valence-electron chi connectivity index (χ4n) is 0.706. The molecule has 84 valence electrons. The van der Waals surface area contributed by atoms with Gasteiger partial charge >= 0.3 is 6.18 Å². The summed E-state index contributed by atoms with van der Waals surface area (Å²) in [6.07, 6.45) is -4.61. The molecule has 1 aromatic rings. The first-order valence-electron chi connectivity index (χ1n) is 4.11.